The third kappa shape index (κ3) is 2.70. The number of hydroxylamine groups is 2. The Morgan fingerprint density at radius 3 is 2.76 bits per heavy atom. The summed E-state index contributed by atoms with van der Waals surface area (Å²) in [6.07, 6.45) is 0. The molecule has 2 N–H and O–H groups in total. The molecule has 2 bridgehead atoms. The van der Waals surface area contributed by atoms with Crippen LogP contribution in [0.2, 0.25) is 0 Å². The van der Waals surface area contributed by atoms with E-state index < -0.39 is 34.4 Å². The summed E-state index contributed by atoms with van der Waals surface area (Å²) < 4.78 is 34.6. The molecule has 2 aliphatic rings. The predicted octanol–water partition coefficient (Wildman–Crippen LogP) is -2.10. The SMILES string of the molecule is [NH-]C(=O)[C@@H]1c2sccc2[C@H]2CN1C(=O)N2OS(=O)(=O)O.[Na+]. The summed E-state index contributed by atoms with van der Waals surface area (Å²) in [7, 11) is -4.85. The molecule has 0 spiro atoms. The van der Waals surface area contributed by atoms with Crippen molar-refractivity contribution in [3.63, 3.8) is 0 Å². The van der Waals surface area contributed by atoms with Crippen LogP contribution in [-0.4, -0.2) is 41.4 Å². The van der Waals surface area contributed by atoms with E-state index in [9.17, 15) is 18.0 Å². The molecule has 0 radical (unpaired) electrons. The fourth-order valence-electron chi connectivity index (χ4n) is 2.45. The first kappa shape index (κ1) is 16.7. The minimum Gasteiger partial charge on any atom is -0.666 e. The molecule has 0 unspecified atom stereocenters. The fraction of sp³-hybridized carbons (Fsp3) is 0.333. The molecule has 9 nitrogen and oxygen atoms in total. The van der Waals surface area contributed by atoms with Crippen molar-refractivity contribution in [3.05, 3.63) is 27.6 Å². The standard InChI is InChI=1S/C9H9N3O6S2.Na/c10-8(13)6-7-4(1-2-19-7)5-3-11(6)9(14)12(5)18-20(15,16)17;/h1-2,5-6H,3H2,(H3,10,13,15,16,17);/q;+1/p-1/t5-,6+;/m1./s1. The number of hydrogen-bond donors (Lipinski definition) is 1. The van der Waals surface area contributed by atoms with Crippen LogP contribution in [0.25, 0.3) is 5.73 Å². The van der Waals surface area contributed by atoms with Crippen LogP contribution in [-0.2, 0) is 19.5 Å². The smallest absolute Gasteiger partial charge is 0.666 e. The van der Waals surface area contributed by atoms with E-state index >= 15 is 0 Å². The molecule has 1 saturated heterocycles. The largest absolute Gasteiger partial charge is 1.00 e. The first-order valence-electron chi connectivity index (χ1n) is 5.39. The number of thiophene rings is 1. The Hall–Kier alpha value is -0.690. The summed E-state index contributed by atoms with van der Waals surface area (Å²) in [6, 6.07) is -1.04. The third-order valence-corrected chi connectivity index (χ3v) is 4.49. The molecular weight excluding hydrogens is 333 g/mol. The summed E-state index contributed by atoms with van der Waals surface area (Å²) in [5, 5.41) is 2.20. The van der Waals surface area contributed by atoms with E-state index in [1.165, 1.54) is 11.3 Å². The minimum atomic E-state index is -4.85. The van der Waals surface area contributed by atoms with Crippen LogP contribution in [0.1, 0.15) is 22.5 Å². The molecule has 21 heavy (non-hydrogen) atoms. The number of carbonyl (C=O) groups excluding carboxylic acids is 2. The van der Waals surface area contributed by atoms with E-state index in [0.717, 1.165) is 4.90 Å². The molecule has 1 aromatic heterocycles. The molecule has 0 aromatic carbocycles. The Morgan fingerprint density at radius 2 is 2.19 bits per heavy atom. The molecule has 3 amide bonds. The van der Waals surface area contributed by atoms with E-state index in [-0.39, 0.29) is 36.1 Å². The van der Waals surface area contributed by atoms with Crippen LogP contribution < -0.4 is 29.6 Å². The number of hydrogen-bond acceptors (Lipinski definition) is 6. The zero-order valence-corrected chi connectivity index (χ0v) is 14.3. The van der Waals surface area contributed by atoms with Gasteiger partial charge in [0.05, 0.1) is 12.5 Å². The number of amides is 3. The average Bonchev–Trinajstić information content (AvgIpc) is 2.88. The van der Waals surface area contributed by atoms with E-state index in [2.05, 4.69) is 4.28 Å². The van der Waals surface area contributed by atoms with Crippen LogP contribution in [0.3, 0.4) is 0 Å². The van der Waals surface area contributed by atoms with Gasteiger partial charge < -0.3 is 15.4 Å². The molecule has 108 valence electrons. The maximum atomic E-state index is 12.1. The van der Waals surface area contributed by atoms with Crippen molar-refractivity contribution in [3.8, 4) is 0 Å². The van der Waals surface area contributed by atoms with Crippen molar-refractivity contribution in [2.24, 2.45) is 0 Å². The van der Waals surface area contributed by atoms with Gasteiger partial charge in [-0.2, -0.15) is 13.5 Å². The van der Waals surface area contributed by atoms with Gasteiger partial charge in [-0.15, -0.1) is 15.6 Å². The summed E-state index contributed by atoms with van der Waals surface area (Å²) in [5.74, 6) is -0.964. The van der Waals surface area contributed by atoms with E-state index in [0.29, 0.717) is 15.5 Å². The Kier molecular flexibility index (Phi) is 4.37. The molecule has 2 atom stereocenters. The molecule has 12 heteroatoms. The molecule has 3 rings (SSSR count). The van der Waals surface area contributed by atoms with Gasteiger partial charge in [-0.05, 0) is 17.0 Å². The van der Waals surface area contributed by atoms with Gasteiger partial charge in [-0.1, -0.05) is 0 Å². The molecule has 0 saturated carbocycles. The maximum absolute atomic E-state index is 12.1. The monoisotopic (exact) mass is 341 g/mol. The minimum absolute atomic E-state index is 0. The van der Waals surface area contributed by atoms with Gasteiger partial charge in [0, 0.05) is 4.88 Å². The second-order valence-corrected chi connectivity index (χ2v) is 6.24. The normalized spacial score (nSPS) is 23.8. The van der Waals surface area contributed by atoms with Crippen molar-refractivity contribution in [2.75, 3.05) is 6.54 Å². The van der Waals surface area contributed by atoms with Crippen molar-refractivity contribution < 1.29 is 56.4 Å². The van der Waals surface area contributed by atoms with E-state index in [4.69, 9.17) is 10.3 Å². The zero-order valence-electron chi connectivity index (χ0n) is 10.7. The summed E-state index contributed by atoms with van der Waals surface area (Å²) in [4.78, 5) is 25.1. The molecule has 1 fully saturated rings. The van der Waals surface area contributed by atoms with E-state index in [1.807, 2.05) is 0 Å². The quantitative estimate of drug-likeness (QED) is 0.495. The second kappa shape index (κ2) is 5.50. The Morgan fingerprint density at radius 1 is 1.52 bits per heavy atom. The average molecular weight is 341 g/mol. The number of carbonyl (C=O) groups is 2. The van der Waals surface area contributed by atoms with Gasteiger partial charge in [0.25, 0.3) is 0 Å². The first-order valence-corrected chi connectivity index (χ1v) is 7.63. The number of urea groups is 1. The van der Waals surface area contributed by atoms with Gasteiger partial charge in [-0.3, -0.25) is 4.55 Å². The summed E-state index contributed by atoms with van der Waals surface area (Å²) >= 11 is 1.20. The number of rotatable bonds is 3. The number of fused-ring (bicyclic) bond motifs is 4. The van der Waals surface area contributed by atoms with Gasteiger partial charge >= 0.3 is 46.0 Å². The summed E-state index contributed by atoms with van der Waals surface area (Å²) in [5.41, 5.74) is 7.82. The maximum Gasteiger partial charge on any atom is 1.00 e. The van der Waals surface area contributed by atoms with Crippen LogP contribution in [0.4, 0.5) is 4.79 Å². The Balaban J connectivity index is 0.00000161. The molecule has 2 aliphatic heterocycles. The molecule has 1 aromatic rings. The molecule has 0 aliphatic carbocycles. The first-order chi connectivity index (χ1) is 9.29. The van der Waals surface area contributed by atoms with Crippen LogP contribution in [0.15, 0.2) is 11.4 Å². The Bertz CT molecular complexity index is 704. The van der Waals surface area contributed by atoms with Crippen molar-refractivity contribution in [2.45, 2.75) is 12.1 Å². The predicted molar refractivity (Wildman–Crippen MR) is 65.7 cm³/mol. The van der Waals surface area contributed by atoms with Gasteiger partial charge in [0.15, 0.2) is 0 Å². The van der Waals surface area contributed by atoms with Crippen LogP contribution in [0, 0.1) is 0 Å². The molecular formula is C9H8N3NaO6S2. The number of nitrogens with zero attached hydrogens (tertiary/aromatic N) is 2. The van der Waals surface area contributed by atoms with Gasteiger partial charge in [0.2, 0.25) is 0 Å². The summed E-state index contributed by atoms with van der Waals surface area (Å²) in [6.45, 7) is 0.0212. The van der Waals surface area contributed by atoms with Crippen molar-refractivity contribution >= 4 is 33.7 Å². The van der Waals surface area contributed by atoms with Gasteiger partial charge in [-0.25, -0.2) is 4.79 Å². The van der Waals surface area contributed by atoms with Gasteiger partial charge in [0.1, 0.15) is 12.1 Å². The Labute approximate surface area is 145 Å². The topological polar surface area (TPSA) is 128 Å². The zero-order chi connectivity index (χ0) is 14.7. The second-order valence-electron chi connectivity index (χ2n) is 4.29. The fourth-order valence-corrected chi connectivity index (χ4v) is 3.89. The van der Waals surface area contributed by atoms with E-state index in [1.54, 1.807) is 11.4 Å². The van der Waals surface area contributed by atoms with Crippen molar-refractivity contribution in [1.29, 1.82) is 0 Å². The van der Waals surface area contributed by atoms with Crippen molar-refractivity contribution in [1.82, 2.24) is 9.96 Å². The number of nitrogens with one attached hydrogen (secondary N) is 1. The van der Waals surface area contributed by atoms with Crippen LogP contribution >= 0.6 is 11.3 Å². The molecule has 3 heterocycles. The third-order valence-electron chi connectivity index (χ3n) is 3.16. The van der Waals surface area contributed by atoms with Crippen LogP contribution in [0.5, 0.6) is 0 Å².